The Morgan fingerprint density at radius 1 is 1.24 bits per heavy atom. The van der Waals surface area contributed by atoms with Gasteiger partial charge in [-0.2, -0.15) is 9.97 Å². The molecule has 1 aromatic rings. The van der Waals surface area contributed by atoms with Gasteiger partial charge in [0.15, 0.2) is 5.16 Å². The van der Waals surface area contributed by atoms with E-state index in [0.29, 0.717) is 6.61 Å². The Morgan fingerprint density at radius 2 is 1.76 bits per heavy atom. The molecule has 0 aliphatic rings. The van der Waals surface area contributed by atoms with E-state index in [2.05, 4.69) is 15.0 Å². The first-order chi connectivity index (χ1) is 9.83. The van der Waals surface area contributed by atoms with Gasteiger partial charge in [-0.05, 0) is 20.8 Å². The first-order valence-electron chi connectivity index (χ1n) is 6.21. The number of aliphatic carboxylic acids is 1. The van der Waals surface area contributed by atoms with E-state index < -0.39 is 16.8 Å². The van der Waals surface area contributed by atoms with Crippen LogP contribution in [0.15, 0.2) is 5.16 Å². The van der Waals surface area contributed by atoms with Crippen molar-refractivity contribution in [1.82, 2.24) is 15.0 Å². The van der Waals surface area contributed by atoms with Gasteiger partial charge in [0.1, 0.15) is 5.25 Å². The third-order valence-corrected chi connectivity index (χ3v) is 3.93. The van der Waals surface area contributed by atoms with Crippen molar-refractivity contribution in [1.29, 1.82) is 0 Å². The fourth-order valence-corrected chi connectivity index (χ4v) is 2.52. The molecule has 0 aliphatic carbocycles. The lowest BCUT2D eigenvalue weighted by Gasteiger charge is -2.30. The van der Waals surface area contributed by atoms with Crippen LogP contribution in [0.1, 0.15) is 20.8 Å². The number of ether oxygens (including phenoxy) is 3. The Labute approximate surface area is 127 Å². The van der Waals surface area contributed by atoms with Gasteiger partial charge in [0.05, 0.1) is 19.8 Å². The molecule has 1 aromatic heterocycles. The molecular formula is C12H19N3O5S. The first-order valence-corrected chi connectivity index (χ1v) is 7.09. The van der Waals surface area contributed by atoms with Crippen molar-refractivity contribution in [2.45, 2.75) is 36.8 Å². The third kappa shape index (κ3) is 4.71. The monoisotopic (exact) mass is 317 g/mol. The lowest BCUT2D eigenvalue weighted by atomic mass is 10.1. The normalized spacial score (nSPS) is 12.8. The molecule has 1 heterocycles. The van der Waals surface area contributed by atoms with Crippen LogP contribution in [-0.2, 0) is 9.53 Å². The second kappa shape index (κ2) is 7.41. The molecule has 0 aromatic carbocycles. The molecule has 0 saturated carbocycles. The minimum atomic E-state index is -1.02. The maximum Gasteiger partial charge on any atom is 0.323 e. The Balaban J connectivity index is 3.07. The summed E-state index contributed by atoms with van der Waals surface area (Å²) in [5.74, 6) is -1.02. The van der Waals surface area contributed by atoms with E-state index in [-0.39, 0.29) is 17.2 Å². The minimum Gasteiger partial charge on any atom is -0.480 e. The van der Waals surface area contributed by atoms with Gasteiger partial charge < -0.3 is 19.3 Å². The Bertz CT molecular complexity index is 476. The van der Waals surface area contributed by atoms with Crippen LogP contribution in [0.3, 0.4) is 0 Å². The number of carboxylic acid groups (broad SMARTS) is 1. The average Bonchev–Trinajstić information content (AvgIpc) is 2.43. The largest absolute Gasteiger partial charge is 0.480 e. The first kappa shape index (κ1) is 17.4. The summed E-state index contributed by atoms with van der Waals surface area (Å²) in [6.45, 7) is 5.62. The van der Waals surface area contributed by atoms with E-state index in [1.807, 2.05) is 0 Å². The van der Waals surface area contributed by atoms with E-state index >= 15 is 0 Å². The highest BCUT2D eigenvalue weighted by Crippen LogP contribution is 2.32. The molecule has 0 saturated heterocycles. The molecular weight excluding hydrogens is 298 g/mol. The van der Waals surface area contributed by atoms with E-state index in [1.54, 1.807) is 20.8 Å². The zero-order valence-electron chi connectivity index (χ0n) is 12.6. The Hall–Kier alpha value is -1.61. The number of hydrogen-bond donors (Lipinski definition) is 1. The summed E-state index contributed by atoms with van der Waals surface area (Å²) in [5.41, 5.74) is -0.891. The number of carboxylic acids is 1. The highest BCUT2D eigenvalue weighted by atomic mass is 32.2. The Morgan fingerprint density at radius 3 is 2.14 bits per heavy atom. The average molecular weight is 317 g/mol. The Kier molecular flexibility index (Phi) is 6.16. The zero-order valence-corrected chi connectivity index (χ0v) is 13.4. The van der Waals surface area contributed by atoms with Gasteiger partial charge in [0.25, 0.3) is 0 Å². The fourth-order valence-electron chi connectivity index (χ4n) is 1.60. The van der Waals surface area contributed by atoms with Crippen molar-refractivity contribution in [3.8, 4) is 12.0 Å². The van der Waals surface area contributed by atoms with Crippen LogP contribution in [-0.4, -0.2) is 57.7 Å². The second-order valence-corrected chi connectivity index (χ2v) is 5.54. The highest BCUT2D eigenvalue weighted by Gasteiger charge is 2.38. The van der Waals surface area contributed by atoms with Gasteiger partial charge in [-0.3, -0.25) is 4.79 Å². The molecule has 0 bridgehead atoms. The predicted octanol–water partition coefficient (Wildman–Crippen LogP) is 1.25. The van der Waals surface area contributed by atoms with Gasteiger partial charge in [-0.15, -0.1) is 4.98 Å². The molecule has 1 unspecified atom stereocenters. The molecule has 1 rings (SSSR count). The molecule has 118 valence electrons. The highest BCUT2D eigenvalue weighted by molar-refractivity contribution is 8.00. The maximum atomic E-state index is 11.5. The van der Waals surface area contributed by atoms with Gasteiger partial charge in [0, 0.05) is 6.61 Å². The van der Waals surface area contributed by atoms with Crippen molar-refractivity contribution in [3.63, 3.8) is 0 Å². The predicted molar refractivity (Wildman–Crippen MR) is 75.9 cm³/mol. The molecule has 0 spiro atoms. The fraction of sp³-hybridized carbons (Fsp3) is 0.667. The van der Waals surface area contributed by atoms with Crippen LogP contribution in [0.5, 0.6) is 12.0 Å². The SMILES string of the molecule is CCOC(C)(C)C(Sc1nc(OC)nc(OC)n1)C(=O)O. The summed E-state index contributed by atoms with van der Waals surface area (Å²) in [5, 5.41) is 8.71. The smallest absolute Gasteiger partial charge is 0.323 e. The summed E-state index contributed by atoms with van der Waals surface area (Å²) in [7, 11) is 2.81. The third-order valence-electron chi connectivity index (χ3n) is 2.53. The minimum absolute atomic E-state index is 0.0581. The molecule has 0 radical (unpaired) electrons. The molecule has 0 aliphatic heterocycles. The summed E-state index contributed by atoms with van der Waals surface area (Å²) in [4.78, 5) is 23.4. The van der Waals surface area contributed by atoms with E-state index in [0.717, 1.165) is 11.8 Å². The van der Waals surface area contributed by atoms with Crippen molar-refractivity contribution in [2.75, 3.05) is 20.8 Å². The number of hydrogen-bond acceptors (Lipinski definition) is 8. The van der Waals surface area contributed by atoms with Crippen LogP contribution in [0.2, 0.25) is 0 Å². The lowest BCUT2D eigenvalue weighted by Crippen LogP contribution is -2.42. The molecule has 0 amide bonds. The van der Waals surface area contributed by atoms with Crippen molar-refractivity contribution >= 4 is 17.7 Å². The van der Waals surface area contributed by atoms with Crippen LogP contribution in [0.25, 0.3) is 0 Å². The summed E-state index contributed by atoms with van der Waals surface area (Å²) in [6, 6.07) is 0.116. The molecule has 8 nitrogen and oxygen atoms in total. The van der Waals surface area contributed by atoms with Gasteiger partial charge >= 0.3 is 18.0 Å². The molecule has 9 heteroatoms. The van der Waals surface area contributed by atoms with Crippen molar-refractivity contribution in [3.05, 3.63) is 0 Å². The maximum absolute atomic E-state index is 11.5. The van der Waals surface area contributed by atoms with E-state index in [4.69, 9.17) is 14.2 Å². The lowest BCUT2D eigenvalue weighted by molar-refractivity contribution is -0.142. The summed E-state index contributed by atoms with van der Waals surface area (Å²) < 4.78 is 15.4. The molecule has 21 heavy (non-hydrogen) atoms. The number of rotatable bonds is 8. The van der Waals surface area contributed by atoms with E-state index in [9.17, 15) is 9.90 Å². The van der Waals surface area contributed by atoms with Crippen LogP contribution < -0.4 is 9.47 Å². The molecule has 1 atom stereocenters. The number of methoxy groups -OCH3 is 2. The van der Waals surface area contributed by atoms with Crippen molar-refractivity contribution < 1.29 is 24.1 Å². The molecule has 0 fully saturated rings. The number of thioether (sulfide) groups is 1. The van der Waals surface area contributed by atoms with Crippen molar-refractivity contribution in [2.24, 2.45) is 0 Å². The second-order valence-electron chi connectivity index (χ2n) is 4.46. The summed E-state index contributed by atoms with van der Waals surface area (Å²) in [6.07, 6.45) is 0. The molecule has 1 N–H and O–H groups in total. The summed E-state index contributed by atoms with van der Waals surface area (Å²) >= 11 is 0.956. The standard InChI is InChI=1S/C12H19N3O5S/c1-6-20-12(2,3)7(8(16)17)21-11-14-9(18-4)13-10(15-11)19-5/h7H,6H2,1-5H3,(H,16,17). The van der Waals surface area contributed by atoms with Crippen LogP contribution in [0, 0.1) is 0 Å². The van der Waals surface area contributed by atoms with Crippen LogP contribution in [0.4, 0.5) is 0 Å². The zero-order chi connectivity index (χ0) is 16.0. The van der Waals surface area contributed by atoms with Gasteiger partial charge in [-0.25, -0.2) is 0 Å². The number of aromatic nitrogens is 3. The van der Waals surface area contributed by atoms with Gasteiger partial charge in [0.2, 0.25) is 0 Å². The quantitative estimate of drug-likeness (QED) is 0.709. The number of nitrogens with zero attached hydrogens (tertiary/aromatic N) is 3. The van der Waals surface area contributed by atoms with Crippen LogP contribution >= 0.6 is 11.8 Å². The van der Waals surface area contributed by atoms with E-state index in [1.165, 1.54) is 14.2 Å². The topological polar surface area (TPSA) is 104 Å². The number of carbonyl (C=O) groups is 1. The van der Waals surface area contributed by atoms with Gasteiger partial charge in [-0.1, -0.05) is 11.8 Å².